The van der Waals surface area contributed by atoms with Gasteiger partial charge < -0.3 is 4.90 Å². The minimum absolute atomic E-state index is 1.29. The van der Waals surface area contributed by atoms with Gasteiger partial charge in [-0.2, -0.15) is 0 Å². The van der Waals surface area contributed by atoms with E-state index in [1.54, 1.807) is 22.7 Å². The molecule has 3 heteroatoms. The molecule has 2 rings (SSSR count). The first-order valence-corrected chi connectivity index (χ1v) is 6.44. The van der Waals surface area contributed by atoms with Crippen LogP contribution < -0.4 is 4.90 Å². The van der Waals surface area contributed by atoms with Gasteiger partial charge >= 0.3 is 0 Å². The number of rotatable bonds is 3. The zero-order chi connectivity index (χ0) is 10.7. The molecule has 0 aliphatic carbocycles. The largest absolute Gasteiger partial charge is 0.370 e. The van der Waals surface area contributed by atoms with Crippen molar-refractivity contribution in [3.05, 3.63) is 39.4 Å². The summed E-state index contributed by atoms with van der Waals surface area (Å²) in [5.74, 6) is 0. The first-order chi connectivity index (χ1) is 7.25. The summed E-state index contributed by atoms with van der Waals surface area (Å²) >= 11 is 3.57. The van der Waals surface area contributed by atoms with Gasteiger partial charge in [0.05, 0.1) is 5.00 Å². The molecule has 0 saturated carbocycles. The van der Waals surface area contributed by atoms with E-state index < -0.39 is 0 Å². The molecule has 0 fully saturated rings. The number of anilines is 1. The van der Waals surface area contributed by atoms with E-state index in [0.29, 0.717) is 0 Å². The van der Waals surface area contributed by atoms with E-state index >= 15 is 0 Å². The summed E-state index contributed by atoms with van der Waals surface area (Å²) in [5, 5.41) is 3.39. The Kier molecular flexibility index (Phi) is 3.23. The van der Waals surface area contributed by atoms with E-state index in [-0.39, 0.29) is 0 Å². The Morgan fingerprint density at radius 3 is 2.47 bits per heavy atom. The fourth-order valence-corrected chi connectivity index (χ4v) is 2.67. The molecule has 0 unspecified atom stereocenters. The quantitative estimate of drug-likeness (QED) is 0.776. The molecule has 1 nitrogen and oxygen atoms in total. The highest BCUT2D eigenvalue weighted by atomic mass is 32.1. The molecule has 0 aromatic carbocycles. The van der Waals surface area contributed by atoms with Crippen molar-refractivity contribution in [1.29, 1.82) is 0 Å². The molecule has 78 valence electrons. The van der Waals surface area contributed by atoms with Crippen molar-refractivity contribution in [2.75, 3.05) is 19.0 Å². The van der Waals surface area contributed by atoms with Crippen LogP contribution in [0.5, 0.6) is 0 Å². The van der Waals surface area contributed by atoms with Gasteiger partial charge in [-0.05, 0) is 35.7 Å². The molecular weight excluding hydrogens is 222 g/mol. The molecule has 0 radical (unpaired) electrons. The van der Waals surface area contributed by atoms with Gasteiger partial charge in [-0.25, -0.2) is 0 Å². The second-order valence-electron chi connectivity index (χ2n) is 3.42. The van der Waals surface area contributed by atoms with Gasteiger partial charge in [0.2, 0.25) is 0 Å². The van der Waals surface area contributed by atoms with E-state index in [0.717, 1.165) is 0 Å². The van der Waals surface area contributed by atoms with Crippen molar-refractivity contribution < 1.29 is 0 Å². The second kappa shape index (κ2) is 4.64. The highest BCUT2D eigenvalue weighted by molar-refractivity contribution is 7.17. The molecule has 15 heavy (non-hydrogen) atoms. The smallest absolute Gasteiger partial charge is 0.0909 e. The lowest BCUT2D eigenvalue weighted by atomic mass is 10.3. The lowest BCUT2D eigenvalue weighted by Gasteiger charge is -2.06. The highest BCUT2D eigenvalue weighted by Gasteiger charge is 1.98. The summed E-state index contributed by atoms with van der Waals surface area (Å²) in [6.07, 6.45) is 4.33. The summed E-state index contributed by atoms with van der Waals surface area (Å²) in [5.41, 5.74) is 0. The molecule has 2 aromatic heterocycles. The van der Waals surface area contributed by atoms with Crippen LogP contribution in [0.3, 0.4) is 0 Å². The van der Waals surface area contributed by atoms with Crippen LogP contribution in [0.25, 0.3) is 12.2 Å². The van der Waals surface area contributed by atoms with Gasteiger partial charge in [-0.3, -0.25) is 0 Å². The van der Waals surface area contributed by atoms with Crippen molar-refractivity contribution in [3.63, 3.8) is 0 Å². The maximum Gasteiger partial charge on any atom is 0.0909 e. The third kappa shape index (κ3) is 2.70. The molecule has 0 saturated heterocycles. The topological polar surface area (TPSA) is 3.24 Å². The maximum absolute atomic E-state index is 2.17. The van der Waals surface area contributed by atoms with E-state index in [9.17, 15) is 0 Å². The summed E-state index contributed by atoms with van der Waals surface area (Å²) in [7, 11) is 4.14. The second-order valence-corrected chi connectivity index (χ2v) is 5.49. The number of nitrogens with zero attached hydrogens (tertiary/aromatic N) is 1. The Balaban J connectivity index is 2.11. The van der Waals surface area contributed by atoms with Crippen LogP contribution in [0.2, 0.25) is 0 Å². The average molecular weight is 235 g/mol. The first-order valence-electron chi connectivity index (χ1n) is 4.74. The number of thiophene rings is 2. The zero-order valence-electron chi connectivity index (χ0n) is 8.81. The summed E-state index contributed by atoms with van der Waals surface area (Å²) in [6, 6.07) is 8.51. The van der Waals surface area contributed by atoms with Gasteiger partial charge in [0.1, 0.15) is 0 Å². The van der Waals surface area contributed by atoms with Crippen LogP contribution in [0.15, 0.2) is 29.6 Å². The van der Waals surface area contributed by atoms with Crippen LogP contribution in [-0.4, -0.2) is 14.1 Å². The molecule has 0 bridgehead atoms. The predicted molar refractivity (Wildman–Crippen MR) is 71.9 cm³/mol. The van der Waals surface area contributed by atoms with Crippen molar-refractivity contribution in [1.82, 2.24) is 0 Å². The van der Waals surface area contributed by atoms with Gasteiger partial charge in [0, 0.05) is 23.8 Å². The van der Waals surface area contributed by atoms with E-state index in [1.165, 1.54) is 14.8 Å². The third-order valence-electron chi connectivity index (χ3n) is 2.01. The van der Waals surface area contributed by atoms with E-state index in [4.69, 9.17) is 0 Å². The van der Waals surface area contributed by atoms with Crippen LogP contribution in [0.4, 0.5) is 5.00 Å². The Labute approximate surface area is 98.3 Å². The molecule has 0 spiro atoms. The van der Waals surface area contributed by atoms with Gasteiger partial charge in [0.15, 0.2) is 0 Å². The van der Waals surface area contributed by atoms with Crippen LogP contribution in [0.1, 0.15) is 9.75 Å². The highest BCUT2D eigenvalue weighted by Crippen LogP contribution is 2.26. The number of hydrogen-bond donors (Lipinski definition) is 0. The fraction of sp³-hybridized carbons (Fsp3) is 0.167. The molecule has 2 aromatic rings. The van der Waals surface area contributed by atoms with Crippen LogP contribution >= 0.6 is 22.7 Å². The zero-order valence-corrected chi connectivity index (χ0v) is 10.4. The van der Waals surface area contributed by atoms with Gasteiger partial charge in [-0.1, -0.05) is 6.07 Å². The Bertz CT molecular complexity index is 438. The normalized spacial score (nSPS) is 11.1. The molecular formula is C12H13NS2. The average Bonchev–Trinajstić information content (AvgIpc) is 2.86. The maximum atomic E-state index is 2.17. The van der Waals surface area contributed by atoms with Crippen LogP contribution in [-0.2, 0) is 0 Å². The SMILES string of the molecule is CN(C)c1ccc(/C=C/c2cccs2)s1. The van der Waals surface area contributed by atoms with Crippen molar-refractivity contribution in [3.8, 4) is 0 Å². The fourth-order valence-electron chi connectivity index (χ4n) is 1.22. The molecule has 2 heterocycles. The molecule has 0 N–H and O–H groups in total. The van der Waals surface area contributed by atoms with Gasteiger partial charge in [0.25, 0.3) is 0 Å². The van der Waals surface area contributed by atoms with Crippen molar-refractivity contribution >= 4 is 39.8 Å². The predicted octanol–water partition coefficient (Wildman–Crippen LogP) is 4.05. The molecule has 0 aliphatic heterocycles. The van der Waals surface area contributed by atoms with Crippen molar-refractivity contribution in [2.45, 2.75) is 0 Å². The molecule has 0 atom stereocenters. The van der Waals surface area contributed by atoms with Gasteiger partial charge in [-0.15, -0.1) is 22.7 Å². The first kappa shape index (κ1) is 10.5. The van der Waals surface area contributed by atoms with Crippen molar-refractivity contribution in [2.24, 2.45) is 0 Å². The summed E-state index contributed by atoms with van der Waals surface area (Å²) < 4.78 is 0. The number of hydrogen-bond acceptors (Lipinski definition) is 3. The minimum Gasteiger partial charge on any atom is -0.370 e. The van der Waals surface area contributed by atoms with E-state index in [2.05, 4.69) is 60.8 Å². The third-order valence-corrected chi connectivity index (χ3v) is 4.06. The summed E-state index contributed by atoms with van der Waals surface area (Å²) in [4.78, 5) is 4.73. The molecule has 0 aliphatic rings. The van der Waals surface area contributed by atoms with E-state index in [1.807, 2.05) is 0 Å². The summed E-state index contributed by atoms with van der Waals surface area (Å²) in [6.45, 7) is 0. The Morgan fingerprint density at radius 1 is 1.07 bits per heavy atom. The Hall–Kier alpha value is -1.06. The lowest BCUT2D eigenvalue weighted by Crippen LogP contribution is -2.05. The monoisotopic (exact) mass is 235 g/mol. The van der Waals surface area contributed by atoms with Crippen LogP contribution in [0, 0.1) is 0 Å². The lowest BCUT2D eigenvalue weighted by molar-refractivity contribution is 1.16. The standard InChI is InChI=1S/C12H13NS2/c1-13(2)12-8-7-11(15-12)6-5-10-4-3-9-14-10/h3-9H,1-2H3/b6-5+. The molecule has 0 amide bonds. The minimum atomic E-state index is 1.29. The Morgan fingerprint density at radius 2 is 1.87 bits per heavy atom.